The number of hydrogen-bond acceptors (Lipinski definition) is 3. The maximum atomic E-state index is 5.29. The summed E-state index contributed by atoms with van der Waals surface area (Å²) in [6.45, 7) is 0. The lowest BCUT2D eigenvalue weighted by Gasteiger charge is -2.15. The number of benzene rings is 9. The van der Waals surface area contributed by atoms with E-state index in [1.807, 2.05) is 18.2 Å². The fourth-order valence-corrected chi connectivity index (χ4v) is 8.91. The van der Waals surface area contributed by atoms with Crippen molar-refractivity contribution in [1.29, 1.82) is 0 Å². The highest BCUT2D eigenvalue weighted by Gasteiger charge is 2.21. The summed E-state index contributed by atoms with van der Waals surface area (Å²) in [6.07, 6.45) is 0. The first-order valence-corrected chi connectivity index (χ1v) is 19.6. The fourth-order valence-electron chi connectivity index (χ4n) is 8.91. The predicted octanol–water partition coefficient (Wildman–Crippen LogP) is 13.4. The molecule has 0 aliphatic carbocycles. The number of fused-ring (bicyclic) bond motifs is 9. The van der Waals surface area contributed by atoms with Crippen LogP contribution in [0.1, 0.15) is 0 Å². The summed E-state index contributed by atoms with van der Waals surface area (Å²) in [5.74, 6) is 1.87. The third-order valence-corrected chi connectivity index (χ3v) is 11.6. The molecule has 0 atom stereocenters. The quantitative estimate of drug-likeness (QED) is 0.165. The normalized spacial score (nSPS) is 11.8. The van der Waals surface area contributed by atoms with E-state index < -0.39 is 0 Å². The third kappa shape index (κ3) is 5.00. The molecule has 0 aliphatic rings. The highest BCUT2D eigenvalue weighted by molar-refractivity contribution is 6.12. The van der Waals surface area contributed by atoms with Crippen molar-refractivity contribution in [3.8, 4) is 45.5 Å². The Labute approximate surface area is 333 Å². The predicted molar refractivity (Wildman–Crippen MR) is 240 cm³/mol. The van der Waals surface area contributed by atoms with E-state index in [9.17, 15) is 0 Å². The zero-order valence-electron chi connectivity index (χ0n) is 31.3. The van der Waals surface area contributed by atoms with Gasteiger partial charge >= 0.3 is 0 Å². The van der Waals surface area contributed by atoms with E-state index in [1.54, 1.807) is 0 Å². The lowest BCUT2D eigenvalue weighted by Crippen LogP contribution is -2.04. The van der Waals surface area contributed by atoms with Gasteiger partial charge in [0.05, 0.1) is 27.8 Å². The van der Waals surface area contributed by atoms with E-state index in [4.69, 9.17) is 15.0 Å². The minimum absolute atomic E-state index is 0.613. The average Bonchev–Trinajstić information content (AvgIpc) is 3.81. The largest absolute Gasteiger partial charge is 0.309 e. The van der Waals surface area contributed by atoms with Crippen LogP contribution >= 0.6 is 0 Å². The maximum absolute atomic E-state index is 5.29. The van der Waals surface area contributed by atoms with E-state index in [0.717, 1.165) is 44.5 Å². The van der Waals surface area contributed by atoms with E-state index in [2.05, 4.69) is 191 Å². The minimum Gasteiger partial charge on any atom is -0.309 e. The Morgan fingerprint density at radius 2 is 0.810 bits per heavy atom. The van der Waals surface area contributed by atoms with Gasteiger partial charge in [-0.3, -0.25) is 0 Å². The molecule has 9 aromatic carbocycles. The summed E-state index contributed by atoms with van der Waals surface area (Å²) in [5.41, 5.74) is 9.46. The number of hydrogen-bond donors (Lipinski definition) is 0. The van der Waals surface area contributed by atoms with Crippen molar-refractivity contribution in [3.05, 3.63) is 200 Å². The van der Waals surface area contributed by atoms with Crippen molar-refractivity contribution in [1.82, 2.24) is 24.1 Å². The molecule has 58 heavy (non-hydrogen) atoms. The van der Waals surface area contributed by atoms with Crippen molar-refractivity contribution in [2.75, 3.05) is 0 Å². The summed E-state index contributed by atoms with van der Waals surface area (Å²) in [4.78, 5) is 15.6. The van der Waals surface area contributed by atoms with Gasteiger partial charge in [0.15, 0.2) is 17.5 Å². The molecule has 0 aliphatic heterocycles. The molecule has 3 aromatic heterocycles. The molecule has 270 valence electrons. The summed E-state index contributed by atoms with van der Waals surface area (Å²) >= 11 is 0. The Morgan fingerprint density at radius 3 is 1.55 bits per heavy atom. The first-order valence-electron chi connectivity index (χ1n) is 19.6. The van der Waals surface area contributed by atoms with Crippen LogP contribution in [-0.2, 0) is 0 Å². The third-order valence-electron chi connectivity index (χ3n) is 11.6. The first kappa shape index (κ1) is 32.4. The molecule has 5 heteroatoms. The Bertz CT molecular complexity index is 3520. The lowest BCUT2D eigenvalue weighted by atomic mass is 10.00. The van der Waals surface area contributed by atoms with Crippen LogP contribution < -0.4 is 0 Å². The van der Waals surface area contributed by atoms with Gasteiger partial charge in [0, 0.05) is 43.9 Å². The monoisotopic (exact) mass is 739 g/mol. The molecule has 0 amide bonds. The zero-order chi connectivity index (χ0) is 38.2. The molecule has 0 N–H and O–H groups in total. The molecule has 0 unspecified atom stereocenters. The smallest absolute Gasteiger partial charge is 0.166 e. The van der Waals surface area contributed by atoms with E-state index in [-0.39, 0.29) is 0 Å². The number of rotatable bonds is 5. The van der Waals surface area contributed by atoms with Crippen LogP contribution in [0.15, 0.2) is 200 Å². The van der Waals surface area contributed by atoms with Crippen LogP contribution in [0.5, 0.6) is 0 Å². The molecule has 3 heterocycles. The van der Waals surface area contributed by atoms with Gasteiger partial charge in [0.25, 0.3) is 0 Å². The summed E-state index contributed by atoms with van der Waals surface area (Å²) in [6, 6.07) is 71.0. The van der Waals surface area contributed by atoms with Crippen molar-refractivity contribution < 1.29 is 0 Å². The molecule has 12 rings (SSSR count). The summed E-state index contributed by atoms with van der Waals surface area (Å²) in [7, 11) is 0. The van der Waals surface area contributed by atoms with Gasteiger partial charge in [-0.15, -0.1) is 0 Å². The Hall–Kier alpha value is -7.89. The number of aromatic nitrogens is 5. The standard InChI is InChI=1S/C53H33N5/c1-2-15-35(16-3-1)51-54-52(37-28-30-40-36(32-37)27-26-34-14-4-5-17-39(34)40)56-53(55-51)45-21-9-13-25-49(45)58-48-24-12-8-20-43(48)44-31-29-38(33-50(44)58)57-46-22-10-6-18-41(46)42-19-7-11-23-47(42)57/h1-33H. The second-order valence-corrected chi connectivity index (χ2v) is 14.8. The van der Waals surface area contributed by atoms with Gasteiger partial charge < -0.3 is 9.13 Å². The average molecular weight is 740 g/mol. The van der Waals surface area contributed by atoms with Crippen LogP contribution in [0.25, 0.3) is 111 Å². The van der Waals surface area contributed by atoms with Crippen LogP contribution in [0, 0.1) is 0 Å². The molecule has 0 saturated heterocycles. The summed E-state index contributed by atoms with van der Waals surface area (Å²) in [5, 5.41) is 9.65. The number of para-hydroxylation sites is 4. The molecular weight excluding hydrogens is 707 g/mol. The molecular formula is C53H33N5. The fraction of sp³-hybridized carbons (Fsp3) is 0. The van der Waals surface area contributed by atoms with Gasteiger partial charge in [-0.1, -0.05) is 152 Å². The molecule has 0 saturated carbocycles. The Balaban J connectivity index is 1.09. The Kier molecular flexibility index (Phi) is 7.16. The second-order valence-electron chi connectivity index (χ2n) is 14.8. The molecule has 12 aromatic rings. The van der Waals surface area contributed by atoms with Gasteiger partial charge in [-0.25, -0.2) is 15.0 Å². The van der Waals surface area contributed by atoms with Crippen LogP contribution in [0.3, 0.4) is 0 Å². The lowest BCUT2D eigenvalue weighted by molar-refractivity contribution is 1.06. The van der Waals surface area contributed by atoms with Crippen LogP contribution in [0.2, 0.25) is 0 Å². The molecule has 5 nitrogen and oxygen atoms in total. The van der Waals surface area contributed by atoms with Crippen molar-refractivity contribution >= 4 is 65.2 Å². The van der Waals surface area contributed by atoms with Crippen LogP contribution in [0.4, 0.5) is 0 Å². The molecule has 0 radical (unpaired) electrons. The van der Waals surface area contributed by atoms with E-state index in [1.165, 1.54) is 48.7 Å². The highest BCUT2D eigenvalue weighted by Crippen LogP contribution is 2.39. The zero-order valence-corrected chi connectivity index (χ0v) is 31.3. The number of nitrogens with zero attached hydrogens (tertiary/aromatic N) is 5. The molecule has 0 bridgehead atoms. The van der Waals surface area contributed by atoms with E-state index >= 15 is 0 Å². The second kappa shape index (κ2) is 12.8. The van der Waals surface area contributed by atoms with E-state index in [0.29, 0.717) is 17.5 Å². The van der Waals surface area contributed by atoms with Gasteiger partial charge in [0.1, 0.15) is 0 Å². The SMILES string of the molecule is c1ccc(-c2nc(-c3ccc4c(ccc5ccccc54)c3)nc(-c3ccccc3-n3c4ccccc4c4ccc(-n5c6ccccc6c6ccccc65)cc43)n2)cc1. The van der Waals surface area contributed by atoms with Crippen molar-refractivity contribution in [2.24, 2.45) is 0 Å². The van der Waals surface area contributed by atoms with Crippen molar-refractivity contribution in [2.45, 2.75) is 0 Å². The highest BCUT2D eigenvalue weighted by atomic mass is 15.1. The molecule has 0 fully saturated rings. The van der Waals surface area contributed by atoms with Crippen molar-refractivity contribution in [3.63, 3.8) is 0 Å². The maximum Gasteiger partial charge on any atom is 0.166 e. The van der Waals surface area contributed by atoms with Gasteiger partial charge in [0.2, 0.25) is 0 Å². The minimum atomic E-state index is 0.613. The molecule has 0 spiro atoms. The Morgan fingerprint density at radius 1 is 0.293 bits per heavy atom. The summed E-state index contributed by atoms with van der Waals surface area (Å²) < 4.78 is 4.76. The first-order chi connectivity index (χ1) is 28.8. The van der Waals surface area contributed by atoms with Crippen LogP contribution in [-0.4, -0.2) is 24.1 Å². The van der Waals surface area contributed by atoms with Gasteiger partial charge in [-0.05, 0) is 70.1 Å². The topological polar surface area (TPSA) is 48.5 Å². The van der Waals surface area contributed by atoms with Gasteiger partial charge in [-0.2, -0.15) is 0 Å².